The Labute approximate surface area is 131 Å². The van der Waals surface area contributed by atoms with Crippen LogP contribution in [0.4, 0.5) is 4.79 Å². The summed E-state index contributed by atoms with van der Waals surface area (Å²) in [5.41, 5.74) is 1.23. The van der Waals surface area contributed by atoms with E-state index in [0.717, 1.165) is 24.3 Å². The summed E-state index contributed by atoms with van der Waals surface area (Å²) in [4.78, 5) is 13.8. The zero-order valence-electron chi connectivity index (χ0n) is 12.4. The fourth-order valence-corrected chi connectivity index (χ4v) is 2.79. The summed E-state index contributed by atoms with van der Waals surface area (Å²) in [6.45, 7) is 3.68. The predicted molar refractivity (Wildman–Crippen MR) is 84.7 cm³/mol. The SMILES string of the molecule is CCCN(CCO)C(=O)NCC1(c2cccc(Cl)c2)CC1. The van der Waals surface area contributed by atoms with Gasteiger partial charge in [-0.2, -0.15) is 0 Å². The van der Waals surface area contributed by atoms with E-state index in [-0.39, 0.29) is 18.1 Å². The van der Waals surface area contributed by atoms with Crippen LogP contribution in [0.25, 0.3) is 0 Å². The molecule has 21 heavy (non-hydrogen) atoms. The maximum atomic E-state index is 12.2. The van der Waals surface area contributed by atoms with Gasteiger partial charge >= 0.3 is 6.03 Å². The minimum atomic E-state index is -0.0980. The van der Waals surface area contributed by atoms with Crippen molar-refractivity contribution in [3.8, 4) is 0 Å². The lowest BCUT2D eigenvalue weighted by molar-refractivity contribution is 0.176. The molecule has 0 atom stereocenters. The highest BCUT2D eigenvalue weighted by atomic mass is 35.5. The lowest BCUT2D eigenvalue weighted by Gasteiger charge is -2.24. The third-order valence-corrected chi connectivity index (χ3v) is 4.25. The highest BCUT2D eigenvalue weighted by molar-refractivity contribution is 6.30. The highest BCUT2D eigenvalue weighted by Crippen LogP contribution is 2.48. The van der Waals surface area contributed by atoms with Crippen molar-refractivity contribution in [3.05, 3.63) is 34.9 Å². The molecule has 0 aliphatic heterocycles. The molecule has 1 aliphatic carbocycles. The van der Waals surface area contributed by atoms with Crippen molar-refractivity contribution in [3.63, 3.8) is 0 Å². The van der Waals surface area contributed by atoms with Gasteiger partial charge in [0, 0.05) is 30.1 Å². The highest BCUT2D eigenvalue weighted by Gasteiger charge is 2.44. The van der Waals surface area contributed by atoms with Crippen LogP contribution in [0.3, 0.4) is 0 Å². The monoisotopic (exact) mass is 310 g/mol. The Morgan fingerprint density at radius 2 is 2.19 bits per heavy atom. The van der Waals surface area contributed by atoms with Crippen LogP contribution in [0.5, 0.6) is 0 Å². The molecule has 1 fully saturated rings. The first-order chi connectivity index (χ1) is 10.1. The number of hydrogen-bond donors (Lipinski definition) is 2. The molecule has 1 aliphatic rings. The van der Waals surface area contributed by atoms with Crippen molar-refractivity contribution in [2.45, 2.75) is 31.6 Å². The average molecular weight is 311 g/mol. The number of aliphatic hydroxyl groups excluding tert-OH is 1. The number of halogens is 1. The number of rotatable bonds is 7. The molecular formula is C16H23ClN2O2. The Balaban J connectivity index is 1.94. The molecule has 2 N–H and O–H groups in total. The Morgan fingerprint density at radius 1 is 1.43 bits per heavy atom. The van der Waals surface area contributed by atoms with E-state index in [1.165, 1.54) is 5.56 Å². The smallest absolute Gasteiger partial charge is 0.317 e. The van der Waals surface area contributed by atoms with Gasteiger partial charge in [0.05, 0.1) is 6.61 Å². The normalized spacial score (nSPS) is 15.6. The van der Waals surface area contributed by atoms with E-state index in [9.17, 15) is 4.79 Å². The Kier molecular flexibility index (Phi) is 5.48. The van der Waals surface area contributed by atoms with Gasteiger partial charge in [-0.3, -0.25) is 0 Å². The Hall–Kier alpha value is -1.26. The third kappa shape index (κ3) is 4.11. The van der Waals surface area contributed by atoms with E-state index in [1.54, 1.807) is 4.90 Å². The van der Waals surface area contributed by atoms with Crippen LogP contribution in [0.2, 0.25) is 5.02 Å². The number of nitrogens with one attached hydrogen (secondary N) is 1. The molecule has 0 bridgehead atoms. The number of carbonyl (C=O) groups is 1. The minimum absolute atomic E-state index is 0.00709. The fourth-order valence-electron chi connectivity index (χ4n) is 2.60. The van der Waals surface area contributed by atoms with Gasteiger partial charge in [-0.05, 0) is 37.0 Å². The van der Waals surface area contributed by atoms with Crippen LogP contribution in [0.1, 0.15) is 31.7 Å². The second-order valence-electron chi connectivity index (χ2n) is 5.66. The third-order valence-electron chi connectivity index (χ3n) is 4.02. The summed E-state index contributed by atoms with van der Waals surface area (Å²) in [5.74, 6) is 0. The molecule has 0 aromatic heterocycles. The number of urea groups is 1. The summed E-state index contributed by atoms with van der Waals surface area (Å²) in [5, 5.41) is 12.8. The molecule has 1 aromatic carbocycles. The van der Waals surface area contributed by atoms with Gasteiger partial charge in [0.2, 0.25) is 0 Å². The molecule has 0 heterocycles. The number of aliphatic hydroxyl groups is 1. The molecular weight excluding hydrogens is 288 g/mol. The van der Waals surface area contributed by atoms with Crippen molar-refractivity contribution in [1.82, 2.24) is 10.2 Å². The molecule has 0 saturated heterocycles. The first-order valence-electron chi connectivity index (χ1n) is 7.51. The summed E-state index contributed by atoms with van der Waals surface area (Å²) < 4.78 is 0. The molecule has 1 saturated carbocycles. The van der Waals surface area contributed by atoms with Crippen molar-refractivity contribution in [1.29, 1.82) is 0 Å². The van der Waals surface area contributed by atoms with E-state index in [0.29, 0.717) is 19.6 Å². The van der Waals surface area contributed by atoms with Gasteiger partial charge in [-0.25, -0.2) is 4.79 Å². The van der Waals surface area contributed by atoms with E-state index in [4.69, 9.17) is 16.7 Å². The summed E-state index contributed by atoms with van der Waals surface area (Å²) in [7, 11) is 0. The molecule has 0 unspecified atom stereocenters. The maximum absolute atomic E-state index is 12.2. The van der Waals surface area contributed by atoms with Gasteiger partial charge in [0.25, 0.3) is 0 Å². The number of carbonyl (C=O) groups excluding carboxylic acids is 1. The van der Waals surface area contributed by atoms with Crippen LogP contribution < -0.4 is 5.32 Å². The van der Waals surface area contributed by atoms with Crippen molar-refractivity contribution < 1.29 is 9.90 Å². The zero-order chi connectivity index (χ0) is 15.3. The van der Waals surface area contributed by atoms with E-state index < -0.39 is 0 Å². The average Bonchev–Trinajstić information content (AvgIpc) is 3.26. The van der Waals surface area contributed by atoms with Crippen LogP contribution in [-0.4, -0.2) is 42.3 Å². The van der Waals surface area contributed by atoms with Gasteiger partial charge in [-0.15, -0.1) is 0 Å². The predicted octanol–water partition coefficient (Wildman–Crippen LogP) is 2.79. The minimum Gasteiger partial charge on any atom is -0.395 e. The van der Waals surface area contributed by atoms with E-state index in [1.807, 2.05) is 25.1 Å². The lowest BCUT2D eigenvalue weighted by atomic mass is 9.96. The zero-order valence-corrected chi connectivity index (χ0v) is 13.2. The van der Waals surface area contributed by atoms with Gasteiger partial charge in [0.15, 0.2) is 0 Å². The molecule has 2 rings (SSSR count). The first kappa shape index (κ1) is 16.1. The van der Waals surface area contributed by atoms with Gasteiger partial charge < -0.3 is 15.3 Å². The molecule has 2 amide bonds. The van der Waals surface area contributed by atoms with Crippen LogP contribution in [0, 0.1) is 0 Å². The Morgan fingerprint density at radius 3 is 2.76 bits per heavy atom. The molecule has 0 radical (unpaired) electrons. The molecule has 1 aromatic rings. The van der Waals surface area contributed by atoms with Crippen LogP contribution in [0.15, 0.2) is 24.3 Å². The molecule has 116 valence electrons. The molecule has 0 spiro atoms. The first-order valence-corrected chi connectivity index (χ1v) is 7.89. The summed E-state index contributed by atoms with van der Waals surface area (Å²) in [6, 6.07) is 7.78. The van der Waals surface area contributed by atoms with Crippen molar-refractivity contribution in [2.24, 2.45) is 0 Å². The Bertz CT molecular complexity index is 483. The van der Waals surface area contributed by atoms with Crippen molar-refractivity contribution in [2.75, 3.05) is 26.2 Å². The fraction of sp³-hybridized carbons (Fsp3) is 0.562. The van der Waals surface area contributed by atoms with E-state index in [2.05, 4.69) is 11.4 Å². The molecule has 5 heteroatoms. The second-order valence-corrected chi connectivity index (χ2v) is 6.10. The summed E-state index contributed by atoms with van der Waals surface area (Å²) >= 11 is 6.05. The quantitative estimate of drug-likeness (QED) is 0.813. The largest absolute Gasteiger partial charge is 0.395 e. The van der Waals surface area contributed by atoms with E-state index >= 15 is 0 Å². The molecule has 4 nitrogen and oxygen atoms in total. The topological polar surface area (TPSA) is 52.6 Å². The standard InChI is InChI=1S/C16H23ClN2O2/c1-2-8-19(9-10-20)15(21)18-12-16(6-7-16)13-4-3-5-14(17)11-13/h3-5,11,20H,2,6-10,12H2,1H3,(H,18,21). The summed E-state index contributed by atoms with van der Waals surface area (Å²) in [6.07, 6.45) is 3.02. The maximum Gasteiger partial charge on any atom is 0.317 e. The lowest BCUT2D eigenvalue weighted by Crippen LogP contribution is -2.44. The second kappa shape index (κ2) is 7.14. The van der Waals surface area contributed by atoms with Crippen LogP contribution >= 0.6 is 11.6 Å². The van der Waals surface area contributed by atoms with Crippen LogP contribution in [-0.2, 0) is 5.41 Å². The van der Waals surface area contributed by atoms with Gasteiger partial charge in [-0.1, -0.05) is 30.7 Å². The van der Waals surface area contributed by atoms with Crippen molar-refractivity contribution >= 4 is 17.6 Å². The number of hydrogen-bond acceptors (Lipinski definition) is 2. The number of nitrogens with zero attached hydrogens (tertiary/aromatic N) is 1. The van der Waals surface area contributed by atoms with Gasteiger partial charge in [0.1, 0.15) is 0 Å². The number of amides is 2. The number of benzene rings is 1.